The first-order valence-electron chi connectivity index (χ1n) is 10.4. The zero-order valence-electron chi connectivity index (χ0n) is 16.2. The van der Waals surface area contributed by atoms with Gasteiger partial charge in [-0.1, -0.05) is 56.2 Å². The van der Waals surface area contributed by atoms with Crippen LogP contribution in [0.5, 0.6) is 0 Å². The molecule has 3 rings (SSSR count). The average Bonchev–Trinajstić information content (AvgIpc) is 2.66. The van der Waals surface area contributed by atoms with Crippen molar-refractivity contribution in [1.82, 2.24) is 5.32 Å². The second-order valence-corrected chi connectivity index (χ2v) is 8.13. The van der Waals surface area contributed by atoms with Crippen LogP contribution in [-0.2, 0) is 4.79 Å². The van der Waals surface area contributed by atoms with Gasteiger partial charge in [-0.15, -0.1) is 0 Å². The summed E-state index contributed by atoms with van der Waals surface area (Å²) in [6.45, 7) is 8.51. The Bertz CT molecular complexity index is 578. The molecule has 0 bridgehead atoms. The first kappa shape index (κ1) is 19.1. The van der Waals surface area contributed by atoms with Crippen molar-refractivity contribution in [1.29, 1.82) is 0 Å². The molecule has 1 saturated carbocycles. The Morgan fingerprint density at radius 3 is 2.50 bits per heavy atom. The van der Waals surface area contributed by atoms with Gasteiger partial charge in [-0.25, -0.2) is 0 Å². The summed E-state index contributed by atoms with van der Waals surface area (Å²) >= 11 is 0. The Hall–Kier alpha value is -1.65. The minimum absolute atomic E-state index is 0.256. The molecule has 0 unspecified atom stereocenters. The maximum absolute atomic E-state index is 12.4. The highest BCUT2D eigenvalue weighted by molar-refractivity contribution is 5.77. The molecule has 3 N–H and O–H groups in total. The van der Waals surface area contributed by atoms with Gasteiger partial charge in [0.05, 0.1) is 6.54 Å². The molecule has 142 valence electrons. The van der Waals surface area contributed by atoms with E-state index < -0.39 is 0 Å². The van der Waals surface area contributed by atoms with E-state index in [2.05, 4.69) is 54.7 Å². The molecular formula is C22H35N3O+2. The second-order valence-electron chi connectivity index (χ2n) is 8.13. The quantitative estimate of drug-likeness (QED) is 0.668. The fourth-order valence-corrected chi connectivity index (χ4v) is 4.28. The van der Waals surface area contributed by atoms with Crippen LogP contribution in [0.1, 0.15) is 38.2 Å². The Morgan fingerprint density at radius 2 is 1.77 bits per heavy atom. The minimum atomic E-state index is 0.256. The van der Waals surface area contributed by atoms with Crippen LogP contribution in [0.3, 0.4) is 0 Å². The molecule has 26 heavy (non-hydrogen) atoms. The van der Waals surface area contributed by atoms with Gasteiger partial charge in [0.25, 0.3) is 5.91 Å². The van der Waals surface area contributed by atoms with E-state index in [1.165, 1.54) is 29.7 Å². The predicted molar refractivity (Wildman–Crippen MR) is 106 cm³/mol. The lowest BCUT2D eigenvalue weighted by Gasteiger charge is -2.31. The molecule has 1 aliphatic heterocycles. The number of amides is 1. The molecule has 0 aromatic heterocycles. The van der Waals surface area contributed by atoms with E-state index >= 15 is 0 Å². The Kier molecular flexibility index (Phi) is 7.27. The van der Waals surface area contributed by atoms with Crippen molar-refractivity contribution in [3.63, 3.8) is 0 Å². The molecular weight excluding hydrogens is 322 g/mol. The molecule has 0 radical (unpaired) electrons. The molecule has 2 aliphatic rings. The van der Waals surface area contributed by atoms with E-state index in [1.807, 2.05) is 0 Å². The lowest BCUT2D eigenvalue weighted by atomic mass is 9.86. The third-order valence-corrected chi connectivity index (χ3v) is 6.05. The predicted octanol–water partition coefficient (Wildman–Crippen LogP) is 0.178. The van der Waals surface area contributed by atoms with Crippen molar-refractivity contribution >= 4 is 12.0 Å². The highest BCUT2D eigenvalue weighted by Gasteiger charge is 2.27. The third-order valence-electron chi connectivity index (χ3n) is 6.05. The highest BCUT2D eigenvalue weighted by Crippen LogP contribution is 2.23. The van der Waals surface area contributed by atoms with E-state index in [4.69, 9.17) is 0 Å². The Balaban J connectivity index is 1.34. The van der Waals surface area contributed by atoms with Crippen LogP contribution >= 0.6 is 0 Å². The lowest BCUT2D eigenvalue weighted by molar-refractivity contribution is -1.01. The van der Waals surface area contributed by atoms with Crippen LogP contribution in [0, 0.1) is 5.92 Å². The molecule has 2 fully saturated rings. The second kappa shape index (κ2) is 9.89. The Morgan fingerprint density at radius 1 is 1.08 bits per heavy atom. The van der Waals surface area contributed by atoms with Gasteiger partial charge in [0.15, 0.2) is 6.54 Å². The molecule has 1 amide bonds. The van der Waals surface area contributed by atoms with Crippen molar-refractivity contribution in [2.24, 2.45) is 5.92 Å². The molecule has 1 saturated heterocycles. The van der Waals surface area contributed by atoms with Gasteiger partial charge >= 0.3 is 0 Å². The van der Waals surface area contributed by atoms with E-state index in [9.17, 15) is 4.79 Å². The molecule has 1 aliphatic carbocycles. The molecule has 1 heterocycles. The van der Waals surface area contributed by atoms with Crippen LogP contribution in [-0.4, -0.2) is 51.2 Å². The maximum atomic E-state index is 12.4. The van der Waals surface area contributed by atoms with Crippen molar-refractivity contribution in [3.8, 4) is 0 Å². The van der Waals surface area contributed by atoms with Gasteiger partial charge in [-0.05, 0) is 30.4 Å². The molecule has 4 nitrogen and oxygen atoms in total. The third kappa shape index (κ3) is 5.96. The molecule has 2 atom stereocenters. The summed E-state index contributed by atoms with van der Waals surface area (Å²) in [6, 6.07) is 10.9. The minimum Gasteiger partial charge on any atom is -0.348 e. The number of carbonyl (C=O) groups is 1. The van der Waals surface area contributed by atoms with Crippen LogP contribution in [0.2, 0.25) is 0 Å². The van der Waals surface area contributed by atoms with Gasteiger partial charge in [0.1, 0.15) is 26.2 Å². The van der Waals surface area contributed by atoms with Gasteiger partial charge in [-0.3, -0.25) is 4.79 Å². The number of benzene rings is 1. The molecule has 1 aromatic carbocycles. The van der Waals surface area contributed by atoms with Crippen LogP contribution in [0.15, 0.2) is 36.4 Å². The van der Waals surface area contributed by atoms with E-state index in [-0.39, 0.29) is 5.91 Å². The molecule has 0 spiro atoms. The number of hydrogen-bond acceptors (Lipinski definition) is 1. The number of nitrogens with one attached hydrogen (secondary N) is 3. The zero-order valence-corrected chi connectivity index (χ0v) is 16.2. The number of rotatable bonds is 6. The fraction of sp³-hybridized carbons (Fsp3) is 0.591. The van der Waals surface area contributed by atoms with Gasteiger partial charge in [-0.2, -0.15) is 0 Å². The van der Waals surface area contributed by atoms with Crippen LogP contribution in [0.4, 0.5) is 0 Å². The number of carbonyl (C=O) groups excluding carboxylic acids is 1. The first-order valence-corrected chi connectivity index (χ1v) is 10.4. The average molecular weight is 358 g/mol. The normalized spacial score (nSPS) is 29.6. The fourth-order valence-electron chi connectivity index (χ4n) is 4.28. The largest absolute Gasteiger partial charge is 0.348 e. The summed E-state index contributed by atoms with van der Waals surface area (Å²) in [7, 11) is 0. The molecule has 1 aromatic rings. The Labute approximate surface area is 158 Å². The standard InChI is InChI=1S/C22H33N3O/c1-19-8-5-6-12-21(19)23-22(26)18-25-16-14-24(15-17-25)13-7-11-20-9-3-2-4-10-20/h2-4,7,9-11,19,21H,5-6,8,12-18H2,1H3,(H,23,26)/p+2/b11-7+/t19-,21+/m0/s1. The monoisotopic (exact) mass is 357 g/mol. The summed E-state index contributed by atoms with van der Waals surface area (Å²) in [5, 5.41) is 3.30. The topological polar surface area (TPSA) is 38.0 Å². The van der Waals surface area contributed by atoms with Crippen LogP contribution < -0.4 is 15.1 Å². The van der Waals surface area contributed by atoms with E-state index in [0.717, 1.165) is 39.1 Å². The van der Waals surface area contributed by atoms with Crippen LogP contribution in [0.25, 0.3) is 6.08 Å². The smallest absolute Gasteiger partial charge is 0.275 e. The summed E-state index contributed by atoms with van der Waals surface area (Å²) in [5.41, 5.74) is 1.27. The summed E-state index contributed by atoms with van der Waals surface area (Å²) in [5.74, 6) is 0.895. The number of piperazine rings is 1. The van der Waals surface area contributed by atoms with Crippen molar-refractivity contribution in [2.45, 2.75) is 38.6 Å². The number of hydrogen-bond donors (Lipinski definition) is 3. The van der Waals surface area contributed by atoms with E-state index in [0.29, 0.717) is 18.5 Å². The van der Waals surface area contributed by atoms with Gasteiger partial charge in [0, 0.05) is 6.04 Å². The van der Waals surface area contributed by atoms with Crippen molar-refractivity contribution in [2.75, 3.05) is 39.3 Å². The lowest BCUT2D eigenvalue weighted by Crippen LogP contribution is -3.28. The number of quaternary nitrogens is 2. The summed E-state index contributed by atoms with van der Waals surface area (Å²) in [4.78, 5) is 15.5. The van der Waals surface area contributed by atoms with Gasteiger partial charge in [0.2, 0.25) is 0 Å². The maximum Gasteiger partial charge on any atom is 0.275 e. The highest BCUT2D eigenvalue weighted by atomic mass is 16.2. The van der Waals surface area contributed by atoms with Crippen molar-refractivity contribution < 1.29 is 14.6 Å². The summed E-state index contributed by atoms with van der Waals surface area (Å²) < 4.78 is 0. The zero-order chi connectivity index (χ0) is 18.2. The van der Waals surface area contributed by atoms with Crippen molar-refractivity contribution in [3.05, 3.63) is 42.0 Å². The van der Waals surface area contributed by atoms with E-state index in [1.54, 1.807) is 4.90 Å². The summed E-state index contributed by atoms with van der Waals surface area (Å²) in [6.07, 6.45) is 9.50. The van der Waals surface area contributed by atoms with Gasteiger partial charge < -0.3 is 15.1 Å². The molecule has 4 heteroatoms. The SMILES string of the molecule is C[C@H]1CCCC[C@H]1NC(=O)C[NH+]1CC[NH+](C/C=C/c2ccccc2)CC1. The first-order chi connectivity index (χ1) is 12.7.